The van der Waals surface area contributed by atoms with Crippen molar-refractivity contribution >= 4 is 64.0 Å². The van der Waals surface area contributed by atoms with Crippen LogP contribution < -0.4 is 10.1 Å². The Morgan fingerprint density at radius 1 is 0.739 bits per heavy atom. The zero-order chi connectivity index (χ0) is 32.7. The van der Waals surface area contributed by atoms with Gasteiger partial charge in [-0.1, -0.05) is 68.8 Å². The maximum atomic E-state index is 13.5. The fourth-order valence-corrected chi connectivity index (χ4v) is 5.95. The van der Waals surface area contributed by atoms with Crippen molar-refractivity contribution in [2.24, 2.45) is 0 Å². The molecular weight excluding hydrogens is 676 g/mol. The molecule has 0 aliphatic rings. The third-order valence-electron chi connectivity index (χ3n) is 6.92. The van der Waals surface area contributed by atoms with Crippen LogP contribution in [0, 0.1) is 20.8 Å². The van der Waals surface area contributed by atoms with Crippen LogP contribution >= 0.6 is 46.4 Å². The van der Waals surface area contributed by atoms with E-state index in [0.717, 1.165) is 0 Å². The summed E-state index contributed by atoms with van der Waals surface area (Å²) >= 11 is 25.5. The van der Waals surface area contributed by atoms with E-state index in [9.17, 15) is 9.59 Å². The van der Waals surface area contributed by atoms with E-state index in [-0.39, 0.29) is 34.2 Å². The Morgan fingerprint density at radius 3 is 1.78 bits per heavy atom. The third-order valence-corrected chi connectivity index (χ3v) is 8.18. The number of hydrogen-bond acceptors (Lipinski definition) is 8. The lowest BCUT2D eigenvalue weighted by molar-refractivity contribution is 0.0721. The largest absolute Gasteiger partial charge is 0.404 e. The summed E-state index contributed by atoms with van der Waals surface area (Å²) in [5.41, 5.74) is 2.99. The Labute approximate surface area is 281 Å². The first-order valence-electron chi connectivity index (χ1n) is 13.6. The smallest absolute Gasteiger partial charge is 0.350 e. The summed E-state index contributed by atoms with van der Waals surface area (Å²) in [7, 11) is 0. The summed E-state index contributed by atoms with van der Waals surface area (Å²) in [6.45, 7) is 4.96. The topological polar surface area (TPSA) is 125 Å². The van der Waals surface area contributed by atoms with E-state index in [1.165, 1.54) is 4.68 Å². The summed E-state index contributed by atoms with van der Waals surface area (Å²) in [6.07, 6.45) is 0. The summed E-state index contributed by atoms with van der Waals surface area (Å²) in [6, 6.07) is 18.3. The van der Waals surface area contributed by atoms with Crippen molar-refractivity contribution in [2.75, 3.05) is 5.32 Å². The van der Waals surface area contributed by atoms with Crippen molar-refractivity contribution in [1.82, 2.24) is 20.1 Å². The first-order chi connectivity index (χ1) is 22.0. The Kier molecular flexibility index (Phi) is 8.63. The highest BCUT2D eigenvalue weighted by Gasteiger charge is 2.28. The first kappa shape index (κ1) is 31.4. The van der Waals surface area contributed by atoms with Gasteiger partial charge in [-0.05, 0) is 69.3 Å². The highest BCUT2D eigenvalue weighted by molar-refractivity contribution is 6.40. The number of hydrogen-bond donors (Lipinski definition) is 1. The quantitative estimate of drug-likeness (QED) is 0.164. The van der Waals surface area contributed by atoms with Gasteiger partial charge in [-0.3, -0.25) is 4.79 Å². The lowest BCUT2D eigenvalue weighted by Gasteiger charge is -2.11. The van der Waals surface area contributed by atoms with Crippen molar-refractivity contribution in [2.45, 2.75) is 20.8 Å². The number of amides is 1. The molecule has 10 nitrogen and oxygen atoms in total. The normalized spacial score (nSPS) is 11.1. The van der Waals surface area contributed by atoms with Crippen LogP contribution in [0.15, 0.2) is 75.8 Å². The second-order valence-electron chi connectivity index (χ2n) is 10.0. The minimum Gasteiger partial charge on any atom is -0.404 e. The number of anilines is 1. The van der Waals surface area contributed by atoms with Crippen LogP contribution in [0.2, 0.25) is 20.1 Å². The molecule has 3 heterocycles. The number of carbonyl (C=O) groups excluding carboxylic acids is 2. The standard InChI is InChI=1S/C32H21Cl4N5O5/c1-15-14-24(44-32(43)26-17(3)46-40-30(26)28-22(35)8-5-9-23(28)36)41(38-15)19-12-10-18(11-13-19)37-31(42)25-16(2)45-39-29(25)27-20(33)6-4-7-21(27)34/h4-14H,1-3H3,(H,37,42). The zero-order valence-corrected chi connectivity index (χ0v) is 27.2. The van der Waals surface area contributed by atoms with Crippen molar-refractivity contribution in [1.29, 1.82) is 0 Å². The molecule has 3 aromatic carbocycles. The maximum absolute atomic E-state index is 13.5. The number of aromatic nitrogens is 4. The lowest BCUT2D eigenvalue weighted by atomic mass is 10.1. The SMILES string of the molecule is Cc1cc(OC(=O)c2c(-c3c(Cl)cccc3Cl)noc2C)n(-c2ccc(NC(=O)c3c(-c4c(Cl)cccc4Cl)noc3C)cc2)n1. The van der Waals surface area contributed by atoms with E-state index in [4.69, 9.17) is 60.2 Å². The molecule has 0 saturated carbocycles. The van der Waals surface area contributed by atoms with Crippen LogP contribution in [-0.4, -0.2) is 32.0 Å². The van der Waals surface area contributed by atoms with Crippen molar-refractivity contribution in [3.8, 4) is 34.1 Å². The average molecular weight is 697 g/mol. The second kappa shape index (κ2) is 12.6. The second-order valence-corrected chi connectivity index (χ2v) is 11.7. The van der Waals surface area contributed by atoms with Crippen LogP contribution in [0.5, 0.6) is 5.88 Å². The van der Waals surface area contributed by atoms with Gasteiger partial charge in [0, 0.05) is 22.9 Å². The Bertz CT molecular complexity index is 2090. The molecule has 6 aromatic rings. The number of rotatable bonds is 7. The van der Waals surface area contributed by atoms with E-state index >= 15 is 0 Å². The number of halogens is 4. The summed E-state index contributed by atoms with van der Waals surface area (Å²) in [4.78, 5) is 26.8. The molecule has 232 valence electrons. The number of esters is 1. The maximum Gasteiger partial charge on any atom is 0.350 e. The van der Waals surface area contributed by atoms with Crippen LogP contribution in [-0.2, 0) is 0 Å². The monoisotopic (exact) mass is 695 g/mol. The van der Waals surface area contributed by atoms with E-state index in [1.54, 1.807) is 87.5 Å². The van der Waals surface area contributed by atoms with Crippen LogP contribution in [0.1, 0.15) is 37.9 Å². The van der Waals surface area contributed by atoms with Gasteiger partial charge >= 0.3 is 5.97 Å². The molecule has 14 heteroatoms. The van der Waals surface area contributed by atoms with Crippen molar-refractivity contribution in [3.05, 3.63) is 115 Å². The van der Waals surface area contributed by atoms with Gasteiger partial charge in [0.1, 0.15) is 34.0 Å². The molecule has 1 N–H and O–H groups in total. The Morgan fingerprint density at radius 2 is 1.24 bits per heavy atom. The van der Waals surface area contributed by atoms with Crippen molar-refractivity contribution < 1.29 is 23.4 Å². The van der Waals surface area contributed by atoms with Gasteiger partial charge in [-0.2, -0.15) is 5.10 Å². The van der Waals surface area contributed by atoms with Gasteiger partial charge < -0.3 is 19.1 Å². The van der Waals surface area contributed by atoms with Crippen LogP contribution in [0.3, 0.4) is 0 Å². The molecule has 0 aliphatic heterocycles. The molecule has 0 unspecified atom stereocenters. The molecule has 0 aliphatic carbocycles. The minimum absolute atomic E-state index is 0.0694. The Balaban J connectivity index is 1.24. The molecule has 0 bridgehead atoms. The number of ether oxygens (including phenoxy) is 1. The van der Waals surface area contributed by atoms with Gasteiger partial charge in [-0.15, -0.1) is 0 Å². The fourth-order valence-electron chi connectivity index (χ4n) is 4.80. The number of nitrogens with zero attached hydrogens (tertiary/aromatic N) is 4. The van der Waals surface area contributed by atoms with Gasteiger partial charge in [0.15, 0.2) is 0 Å². The number of benzene rings is 3. The highest BCUT2D eigenvalue weighted by Crippen LogP contribution is 2.38. The number of nitrogens with one attached hydrogen (secondary N) is 1. The van der Waals surface area contributed by atoms with E-state index in [0.29, 0.717) is 54.0 Å². The lowest BCUT2D eigenvalue weighted by Crippen LogP contribution is -2.14. The molecule has 0 saturated heterocycles. The summed E-state index contributed by atoms with van der Waals surface area (Å²) < 4.78 is 17.9. The predicted octanol–water partition coefficient (Wildman–Crippen LogP) is 9.19. The van der Waals surface area contributed by atoms with Crippen LogP contribution in [0.4, 0.5) is 5.69 Å². The molecule has 6 rings (SSSR count). The molecule has 0 fully saturated rings. The van der Waals surface area contributed by atoms with Gasteiger partial charge in [0.25, 0.3) is 5.91 Å². The molecule has 0 atom stereocenters. The third kappa shape index (κ3) is 5.88. The average Bonchev–Trinajstić information content (AvgIpc) is 3.69. The number of aryl methyl sites for hydroxylation is 3. The van der Waals surface area contributed by atoms with Gasteiger partial charge in [-0.25, -0.2) is 9.48 Å². The van der Waals surface area contributed by atoms with Crippen molar-refractivity contribution in [3.63, 3.8) is 0 Å². The van der Waals surface area contributed by atoms with E-state index < -0.39 is 11.9 Å². The molecule has 0 spiro atoms. The molecule has 1 amide bonds. The molecule has 3 aromatic heterocycles. The molecule has 46 heavy (non-hydrogen) atoms. The Hall–Kier alpha value is -4.61. The minimum atomic E-state index is -0.742. The van der Waals surface area contributed by atoms with E-state index in [2.05, 4.69) is 20.7 Å². The molecular formula is C32H21Cl4N5O5. The number of carbonyl (C=O) groups is 2. The summed E-state index contributed by atoms with van der Waals surface area (Å²) in [5, 5.41) is 16.6. The zero-order valence-electron chi connectivity index (χ0n) is 24.2. The van der Waals surface area contributed by atoms with Crippen LogP contribution in [0.25, 0.3) is 28.2 Å². The predicted molar refractivity (Wildman–Crippen MR) is 175 cm³/mol. The van der Waals surface area contributed by atoms with Gasteiger partial charge in [0.05, 0.1) is 31.5 Å². The fraction of sp³-hybridized carbons (Fsp3) is 0.0938. The van der Waals surface area contributed by atoms with Gasteiger partial charge in [0.2, 0.25) is 5.88 Å². The summed E-state index contributed by atoms with van der Waals surface area (Å²) in [5.74, 6) is -0.560. The first-order valence-corrected chi connectivity index (χ1v) is 15.1. The molecule has 0 radical (unpaired) electrons. The van der Waals surface area contributed by atoms with E-state index in [1.807, 2.05) is 0 Å². The highest BCUT2D eigenvalue weighted by atomic mass is 35.5.